The highest BCUT2D eigenvalue weighted by molar-refractivity contribution is 7.89. The smallest absolute Gasteiger partial charge is 0.243 e. The second-order valence-electron chi connectivity index (χ2n) is 5.50. The van der Waals surface area contributed by atoms with Crippen molar-refractivity contribution in [2.75, 3.05) is 19.7 Å². The fraction of sp³-hybridized carbons (Fsp3) is 0.294. The Kier molecular flexibility index (Phi) is 5.02. The highest BCUT2D eigenvalue weighted by Crippen LogP contribution is 2.22. The summed E-state index contributed by atoms with van der Waals surface area (Å²) in [6.45, 7) is 1.11. The molecule has 4 nitrogen and oxygen atoms in total. The largest absolute Gasteiger partial charge is 0.375 e. The Morgan fingerprint density at radius 3 is 2.65 bits per heavy atom. The fourth-order valence-corrected chi connectivity index (χ4v) is 4.44. The molecule has 0 bridgehead atoms. The molecular weight excluding hydrogens is 334 g/mol. The Bertz CT molecular complexity index is 764. The third kappa shape index (κ3) is 3.93. The van der Waals surface area contributed by atoms with Gasteiger partial charge in [-0.3, -0.25) is 0 Å². The minimum Gasteiger partial charge on any atom is -0.375 e. The average Bonchev–Trinajstić information content (AvgIpc) is 2.56. The van der Waals surface area contributed by atoms with Crippen LogP contribution in [0.15, 0.2) is 59.5 Å². The zero-order chi connectivity index (χ0) is 16.3. The van der Waals surface area contributed by atoms with E-state index in [0.29, 0.717) is 31.1 Å². The van der Waals surface area contributed by atoms with Crippen LogP contribution in [0, 0.1) is 0 Å². The highest BCUT2D eigenvalue weighted by atomic mass is 35.5. The van der Waals surface area contributed by atoms with Crippen LogP contribution in [-0.2, 0) is 21.2 Å². The van der Waals surface area contributed by atoms with Gasteiger partial charge in [0.05, 0.1) is 17.6 Å². The molecule has 1 saturated heterocycles. The van der Waals surface area contributed by atoms with Gasteiger partial charge < -0.3 is 4.74 Å². The average molecular weight is 352 g/mol. The van der Waals surface area contributed by atoms with Crippen molar-refractivity contribution < 1.29 is 13.2 Å². The van der Waals surface area contributed by atoms with Crippen LogP contribution in [-0.4, -0.2) is 38.5 Å². The van der Waals surface area contributed by atoms with Crippen molar-refractivity contribution >= 4 is 21.6 Å². The van der Waals surface area contributed by atoms with Crippen molar-refractivity contribution in [1.29, 1.82) is 0 Å². The van der Waals surface area contributed by atoms with Crippen molar-refractivity contribution in [1.82, 2.24) is 4.31 Å². The Balaban J connectivity index is 1.75. The van der Waals surface area contributed by atoms with E-state index in [2.05, 4.69) is 0 Å². The predicted octanol–water partition coefficient (Wildman–Crippen LogP) is 2.97. The topological polar surface area (TPSA) is 46.6 Å². The second kappa shape index (κ2) is 7.01. The van der Waals surface area contributed by atoms with Gasteiger partial charge in [0, 0.05) is 18.1 Å². The molecule has 0 amide bonds. The molecule has 2 aromatic rings. The van der Waals surface area contributed by atoms with Gasteiger partial charge in [-0.05, 0) is 30.2 Å². The molecule has 3 rings (SSSR count). The molecule has 2 aromatic carbocycles. The van der Waals surface area contributed by atoms with Gasteiger partial charge in [-0.15, -0.1) is 0 Å². The van der Waals surface area contributed by atoms with Crippen LogP contribution in [0.2, 0.25) is 5.02 Å². The Morgan fingerprint density at radius 2 is 1.91 bits per heavy atom. The van der Waals surface area contributed by atoms with E-state index in [-0.39, 0.29) is 11.0 Å². The number of sulfonamides is 1. The predicted molar refractivity (Wildman–Crippen MR) is 90.1 cm³/mol. The van der Waals surface area contributed by atoms with Gasteiger partial charge in [-0.2, -0.15) is 4.31 Å². The van der Waals surface area contributed by atoms with Crippen molar-refractivity contribution in [3.05, 3.63) is 65.2 Å². The van der Waals surface area contributed by atoms with E-state index in [1.807, 2.05) is 30.3 Å². The molecule has 0 radical (unpaired) electrons. The summed E-state index contributed by atoms with van der Waals surface area (Å²) in [6, 6.07) is 16.3. The number of nitrogens with zero attached hydrogens (tertiary/aromatic N) is 1. The molecule has 0 N–H and O–H groups in total. The van der Waals surface area contributed by atoms with Crippen LogP contribution in [0.4, 0.5) is 0 Å². The van der Waals surface area contributed by atoms with E-state index in [4.69, 9.17) is 16.3 Å². The zero-order valence-corrected chi connectivity index (χ0v) is 14.1. The maximum Gasteiger partial charge on any atom is 0.243 e. The van der Waals surface area contributed by atoms with Crippen molar-refractivity contribution in [2.45, 2.75) is 17.4 Å². The van der Waals surface area contributed by atoms with Crippen molar-refractivity contribution in [2.24, 2.45) is 0 Å². The molecule has 1 fully saturated rings. The first-order valence-electron chi connectivity index (χ1n) is 7.47. The summed E-state index contributed by atoms with van der Waals surface area (Å²) in [7, 11) is -3.54. The molecule has 1 heterocycles. The van der Waals surface area contributed by atoms with Crippen LogP contribution < -0.4 is 0 Å². The highest BCUT2D eigenvalue weighted by Gasteiger charge is 2.30. The Hall–Kier alpha value is -1.40. The SMILES string of the molecule is O=S(=O)(c1cccc(Cl)c1)N1CCOC(Cc2ccccc2)C1. The number of ether oxygens (including phenoxy) is 1. The van der Waals surface area contributed by atoms with Crippen LogP contribution in [0.5, 0.6) is 0 Å². The van der Waals surface area contributed by atoms with E-state index in [1.165, 1.54) is 10.4 Å². The van der Waals surface area contributed by atoms with Crippen LogP contribution in [0.1, 0.15) is 5.56 Å². The molecule has 6 heteroatoms. The molecule has 1 unspecified atom stereocenters. The first-order chi connectivity index (χ1) is 11.1. The van der Waals surface area contributed by atoms with E-state index >= 15 is 0 Å². The number of hydrogen-bond donors (Lipinski definition) is 0. The van der Waals surface area contributed by atoms with Gasteiger partial charge in [-0.25, -0.2) is 8.42 Å². The molecule has 0 spiro atoms. The lowest BCUT2D eigenvalue weighted by Crippen LogP contribution is -2.46. The standard InChI is InChI=1S/C17H18ClNO3S/c18-15-7-4-8-17(12-15)23(20,21)19-9-10-22-16(13-19)11-14-5-2-1-3-6-14/h1-8,12,16H,9-11,13H2. The van der Waals surface area contributed by atoms with Crippen LogP contribution >= 0.6 is 11.6 Å². The number of rotatable bonds is 4. The van der Waals surface area contributed by atoms with E-state index in [1.54, 1.807) is 18.2 Å². The first-order valence-corrected chi connectivity index (χ1v) is 9.29. The lowest BCUT2D eigenvalue weighted by molar-refractivity contribution is -0.000494. The number of morpholine rings is 1. The summed E-state index contributed by atoms with van der Waals surface area (Å²) in [5, 5.41) is 0.417. The van der Waals surface area contributed by atoms with E-state index < -0.39 is 10.0 Å². The summed E-state index contributed by atoms with van der Waals surface area (Å²) in [4.78, 5) is 0.227. The maximum atomic E-state index is 12.7. The number of hydrogen-bond acceptors (Lipinski definition) is 3. The van der Waals surface area contributed by atoms with E-state index in [0.717, 1.165) is 5.56 Å². The van der Waals surface area contributed by atoms with Gasteiger partial charge in [0.15, 0.2) is 0 Å². The maximum absolute atomic E-state index is 12.7. The summed E-state index contributed by atoms with van der Waals surface area (Å²) in [5.74, 6) is 0. The fourth-order valence-electron chi connectivity index (χ4n) is 2.69. The van der Waals surface area contributed by atoms with Crippen molar-refractivity contribution in [3.63, 3.8) is 0 Å². The first kappa shape index (κ1) is 16.5. The third-order valence-corrected chi connectivity index (χ3v) is 5.94. The number of benzene rings is 2. The Morgan fingerprint density at radius 1 is 1.13 bits per heavy atom. The molecule has 0 aromatic heterocycles. The molecule has 1 atom stereocenters. The molecule has 23 heavy (non-hydrogen) atoms. The van der Waals surface area contributed by atoms with Crippen molar-refractivity contribution in [3.8, 4) is 0 Å². The lowest BCUT2D eigenvalue weighted by Gasteiger charge is -2.32. The third-order valence-electron chi connectivity index (χ3n) is 3.84. The minimum absolute atomic E-state index is 0.139. The summed E-state index contributed by atoms with van der Waals surface area (Å²) in [5.41, 5.74) is 1.14. The van der Waals surface area contributed by atoms with Gasteiger partial charge in [-0.1, -0.05) is 48.0 Å². The van der Waals surface area contributed by atoms with Crippen LogP contribution in [0.25, 0.3) is 0 Å². The zero-order valence-electron chi connectivity index (χ0n) is 12.6. The number of halogens is 1. The molecule has 0 saturated carbocycles. The van der Waals surface area contributed by atoms with Gasteiger partial charge >= 0.3 is 0 Å². The molecule has 1 aliphatic rings. The van der Waals surface area contributed by atoms with Gasteiger partial charge in [0.1, 0.15) is 0 Å². The summed E-state index contributed by atoms with van der Waals surface area (Å²) >= 11 is 5.92. The molecule has 1 aliphatic heterocycles. The molecular formula is C17H18ClNO3S. The summed E-state index contributed by atoms with van der Waals surface area (Å²) in [6.07, 6.45) is 0.558. The van der Waals surface area contributed by atoms with Crippen LogP contribution in [0.3, 0.4) is 0 Å². The normalized spacial score (nSPS) is 19.6. The molecule has 0 aliphatic carbocycles. The van der Waals surface area contributed by atoms with E-state index in [9.17, 15) is 8.42 Å². The second-order valence-corrected chi connectivity index (χ2v) is 7.88. The van der Waals surface area contributed by atoms with Gasteiger partial charge in [0.25, 0.3) is 0 Å². The minimum atomic E-state index is -3.54. The lowest BCUT2D eigenvalue weighted by atomic mass is 10.1. The Labute approximate surface area is 141 Å². The summed E-state index contributed by atoms with van der Waals surface area (Å²) < 4.78 is 32.7. The monoisotopic (exact) mass is 351 g/mol. The quantitative estimate of drug-likeness (QED) is 0.850. The van der Waals surface area contributed by atoms with Gasteiger partial charge in [0.2, 0.25) is 10.0 Å². The molecule has 122 valence electrons.